The Morgan fingerprint density at radius 1 is 1.40 bits per heavy atom. The molecule has 0 saturated carbocycles. The molecule has 1 saturated heterocycles. The molecule has 1 aliphatic rings. The van der Waals surface area contributed by atoms with Gasteiger partial charge in [0.2, 0.25) is 6.54 Å². The fourth-order valence-corrected chi connectivity index (χ4v) is 2.44. The molecule has 0 bridgehead atoms. The Hall–Kier alpha value is -0.320. The number of likely N-dealkylation sites (N-methyl/N-ethyl adjacent to an activating group) is 2. The first kappa shape index (κ1) is 12.7. The van der Waals surface area contributed by atoms with Crippen LogP contribution in [0.4, 0.5) is 0 Å². The predicted molar refractivity (Wildman–Crippen MR) is 65.1 cm³/mol. The van der Waals surface area contributed by atoms with Gasteiger partial charge in [-0.3, -0.25) is 0 Å². The highest BCUT2D eigenvalue weighted by Crippen LogP contribution is 2.25. The van der Waals surface area contributed by atoms with Crippen molar-refractivity contribution in [3.63, 3.8) is 0 Å². The largest absolute Gasteiger partial charge is 0.378 e. The van der Waals surface area contributed by atoms with Gasteiger partial charge in [-0.2, -0.15) is 4.48 Å². The zero-order valence-electron chi connectivity index (χ0n) is 10.4. The molecule has 0 radical (unpaired) electrons. The minimum absolute atomic E-state index is 0.255. The van der Waals surface area contributed by atoms with Gasteiger partial charge in [-0.1, -0.05) is 13.8 Å². The molecule has 0 aromatic heterocycles. The number of thiocarbonyl (C=S) groups is 1. The molecule has 4 heteroatoms. The summed E-state index contributed by atoms with van der Waals surface area (Å²) in [5.41, 5.74) is 0. The van der Waals surface area contributed by atoms with E-state index in [1.807, 2.05) is 21.1 Å². The van der Waals surface area contributed by atoms with E-state index in [4.69, 9.17) is 12.2 Å². The molecule has 1 rings (SSSR count). The fraction of sp³-hybridized carbons (Fsp3) is 0.818. The summed E-state index contributed by atoms with van der Waals surface area (Å²) >= 11 is 5.46. The van der Waals surface area contributed by atoms with Gasteiger partial charge in [-0.05, 0) is 6.42 Å². The van der Waals surface area contributed by atoms with Gasteiger partial charge in [0, 0.05) is 5.92 Å². The number of nitrogens with zero attached hydrogens (tertiary/aromatic N) is 2. The lowest BCUT2D eigenvalue weighted by molar-refractivity contribution is -0.850. The van der Waals surface area contributed by atoms with Crippen LogP contribution in [0.2, 0.25) is 0 Å². The van der Waals surface area contributed by atoms with Crippen molar-refractivity contribution < 1.29 is 13.8 Å². The van der Waals surface area contributed by atoms with E-state index in [0.717, 1.165) is 18.1 Å². The van der Waals surface area contributed by atoms with E-state index >= 15 is 0 Å². The lowest BCUT2D eigenvalue weighted by Crippen LogP contribution is -2.55. The molecule has 2 unspecified atom stereocenters. The normalized spacial score (nSPS) is 32.1. The van der Waals surface area contributed by atoms with Crippen molar-refractivity contribution in [1.29, 1.82) is 0 Å². The number of hydrogen-bond acceptors (Lipinski definition) is 2. The number of rotatable bonds is 3. The van der Waals surface area contributed by atoms with Crippen LogP contribution in [0.15, 0.2) is 0 Å². The molecule has 1 fully saturated rings. The molecule has 86 valence electrons. The lowest BCUT2D eigenvalue weighted by atomic mass is 10.1. The Morgan fingerprint density at radius 2 is 1.93 bits per heavy atom. The highest BCUT2D eigenvalue weighted by atomic mass is 32.1. The molecule has 0 N–H and O–H groups in total. The van der Waals surface area contributed by atoms with E-state index in [2.05, 4.69) is 13.8 Å². The first-order chi connectivity index (χ1) is 6.74. The van der Waals surface area contributed by atoms with Crippen LogP contribution in [-0.2, 0) is 4.79 Å². The second kappa shape index (κ2) is 3.92. The lowest BCUT2D eigenvalue weighted by Gasteiger charge is -2.28. The summed E-state index contributed by atoms with van der Waals surface area (Å²) in [6.45, 7) is 5.71. The number of carbonyl (C=O) groups excluding carboxylic acids is 1. The molecule has 1 amide bonds. The molecule has 1 aliphatic heterocycles. The van der Waals surface area contributed by atoms with Crippen molar-refractivity contribution in [1.82, 2.24) is 0 Å². The Morgan fingerprint density at radius 3 is 2.27 bits per heavy atom. The molecule has 0 aromatic carbocycles. The summed E-state index contributed by atoms with van der Waals surface area (Å²) in [7, 11) is 5.99. The third-order valence-electron chi connectivity index (χ3n) is 3.39. The second-order valence-electron chi connectivity index (χ2n) is 5.41. The van der Waals surface area contributed by atoms with Crippen LogP contribution < -0.4 is 0 Å². The quantitative estimate of drug-likeness (QED) is 0.538. The Bertz CT molecular complexity index is 301. The first-order valence-electron chi connectivity index (χ1n) is 5.51. The van der Waals surface area contributed by atoms with Gasteiger partial charge < -0.3 is 0 Å². The monoisotopic (exact) mass is 230 g/mol. The average molecular weight is 230 g/mol. The van der Waals surface area contributed by atoms with E-state index in [9.17, 15) is 4.79 Å². The number of carbonyl (C=O) groups is 1. The van der Waals surface area contributed by atoms with Gasteiger partial charge in [0.15, 0.2) is 0 Å². The third-order valence-corrected chi connectivity index (χ3v) is 4.29. The van der Waals surface area contributed by atoms with Gasteiger partial charge in [-0.25, -0.2) is 9.28 Å². The molecule has 0 aromatic rings. The van der Waals surface area contributed by atoms with Gasteiger partial charge in [-0.15, -0.1) is 0 Å². The first-order valence-corrected chi connectivity index (χ1v) is 5.92. The molecule has 2 atom stereocenters. The van der Waals surface area contributed by atoms with Gasteiger partial charge in [0.25, 0.3) is 0 Å². The molecule has 0 spiro atoms. The minimum Gasteiger partial charge on any atom is -0.228 e. The van der Waals surface area contributed by atoms with Crippen molar-refractivity contribution in [3.8, 4) is 0 Å². The van der Waals surface area contributed by atoms with Gasteiger partial charge >= 0.3 is 11.0 Å². The van der Waals surface area contributed by atoms with Crippen LogP contribution in [0, 0.1) is 5.92 Å². The summed E-state index contributed by atoms with van der Waals surface area (Å²) in [4.78, 5) is 12.0. The van der Waals surface area contributed by atoms with Gasteiger partial charge in [0.05, 0.1) is 39.9 Å². The summed E-state index contributed by atoms with van der Waals surface area (Å²) in [5.74, 6) is 0.792. The molecule has 3 nitrogen and oxygen atoms in total. The fourth-order valence-electron chi connectivity index (χ4n) is 2.20. The maximum atomic E-state index is 12.0. The summed E-state index contributed by atoms with van der Waals surface area (Å²) in [5, 5.41) is 0.848. The van der Waals surface area contributed by atoms with Gasteiger partial charge in [0.1, 0.15) is 0 Å². The highest BCUT2D eigenvalue weighted by molar-refractivity contribution is 7.79. The van der Waals surface area contributed by atoms with Crippen molar-refractivity contribution in [2.45, 2.75) is 20.3 Å². The molecule has 1 heterocycles. The van der Waals surface area contributed by atoms with Crippen LogP contribution in [0.3, 0.4) is 0 Å². The van der Waals surface area contributed by atoms with Crippen molar-refractivity contribution >= 4 is 23.2 Å². The second-order valence-corrected chi connectivity index (χ2v) is 5.77. The number of amides is 1. The summed E-state index contributed by atoms with van der Waals surface area (Å²) < 4.78 is 0.901. The van der Waals surface area contributed by atoms with E-state index in [1.54, 1.807) is 0 Å². The molecular weight excluding hydrogens is 208 g/mol. The van der Waals surface area contributed by atoms with Crippen LogP contribution in [-0.4, -0.2) is 54.2 Å². The van der Waals surface area contributed by atoms with E-state index in [1.165, 1.54) is 0 Å². The Kier molecular flexibility index (Phi) is 3.33. The maximum Gasteiger partial charge on any atom is 0.378 e. The summed E-state index contributed by atoms with van der Waals surface area (Å²) in [6.07, 6.45) is 1.09. The van der Waals surface area contributed by atoms with Crippen LogP contribution >= 0.6 is 12.2 Å². The maximum absolute atomic E-state index is 12.0. The predicted octanol–water partition coefficient (Wildman–Crippen LogP) is 1.38. The third kappa shape index (κ3) is 2.12. The standard InChI is InChI=1S/C11H22N2OS/c1-6-9(2)7-13(5)10(14)8-12(3,4)11(13)15/h9H,6-8H2,1-5H3/q+2. The van der Waals surface area contributed by atoms with Crippen LogP contribution in [0.5, 0.6) is 0 Å². The Balaban J connectivity index is 2.93. The van der Waals surface area contributed by atoms with Crippen LogP contribution in [0.25, 0.3) is 0 Å². The zero-order valence-corrected chi connectivity index (χ0v) is 11.2. The van der Waals surface area contributed by atoms with E-state index < -0.39 is 0 Å². The van der Waals surface area contributed by atoms with Crippen molar-refractivity contribution in [2.75, 3.05) is 34.2 Å². The molecule has 0 aliphatic carbocycles. The highest BCUT2D eigenvalue weighted by Gasteiger charge is 2.56. The zero-order chi connectivity index (χ0) is 11.9. The van der Waals surface area contributed by atoms with E-state index in [-0.39, 0.29) is 5.91 Å². The average Bonchev–Trinajstić information content (AvgIpc) is 2.27. The molecular formula is C11H22N2OS+2. The van der Waals surface area contributed by atoms with Crippen molar-refractivity contribution in [2.24, 2.45) is 5.92 Å². The Labute approximate surface area is 97.8 Å². The van der Waals surface area contributed by atoms with E-state index in [0.29, 0.717) is 21.4 Å². The van der Waals surface area contributed by atoms with Crippen LogP contribution in [0.1, 0.15) is 20.3 Å². The van der Waals surface area contributed by atoms with Crippen molar-refractivity contribution in [3.05, 3.63) is 0 Å². The SMILES string of the molecule is CCC(C)C[N+]1(C)C(=O)C[N+](C)(C)C1=S. The topological polar surface area (TPSA) is 17.1 Å². The number of quaternary nitrogens is 2. The smallest absolute Gasteiger partial charge is 0.228 e. The number of hydrogen-bond donors (Lipinski definition) is 0. The minimum atomic E-state index is 0.255. The summed E-state index contributed by atoms with van der Waals surface area (Å²) in [6, 6.07) is 0. The molecule has 15 heavy (non-hydrogen) atoms.